The summed E-state index contributed by atoms with van der Waals surface area (Å²) < 4.78 is 13.6. The lowest BCUT2D eigenvalue weighted by atomic mass is 9.68. The highest BCUT2D eigenvalue weighted by Crippen LogP contribution is 2.40. The fourth-order valence-corrected chi connectivity index (χ4v) is 3.72. The first-order chi connectivity index (χ1) is 9.47. The number of halogens is 1. The molecule has 0 saturated heterocycles. The van der Waals surface area contributed by atoms with Crippen molar-refractivity contribution in [2.45, 2.75) is 52.0 Å². The van der Waals surface area contributed by atoms with Gasteiger partial charge in [0.15, 0.2) is 0 Å². The predicted molar refractivity (Wildman–Crippen MR) is 81.4 cm³/mol. The molecule has 0 radical (unpaired) electrons. The van der Waals surface area contributed by atoms with E-state index in [1.54, 1.807) is 0 Å². The van der Waals surface area contributed by atoms with E-state index >= 15 is 0 Å². The lowest BCUT2D eigenvalue weighted by Crippen LogP contribution is -2.52. The Hall–Kier alpha value is -1.09. The Balaban J connectivity index is 2.29. The van der Waals surface area contributed by atoms with Gasteiger partial charge in [-0.15, -0.1) is 0 Å². The second-order valence-electron chi connectivity index (χ2n) is 6.55. The molecule has 1 aromatic carbocycles. The third-order valence-corrected chi connectivity index (χ3v) is 4.62. The van der Waals surface area contributed by atoms with Crippen molar-refractivity contribution in [2.75, 3.05) is 11.9 Å². The van der Waals surface area contributed by atoms with Crippen molar-refractivity contribution in [3.05, 3.63) is 29.6 Å². The molecule has 0 aliphatic heterocycles. The zero-order valence-corrected chi connectivity index (χ0v) is 12.7. The number of aliphatic hydroxyl groups excluding tert-OH is 1. The minimum atomic E-state index is -0.313. The summed E-state index contributed by atoms with van der Waals surface area (Å²) in [6.07, 6.45) is 4.40. The Morgan fingerprint density at radius 1 is 1.35 bits per heavy atom. The van der Waals surface area contributed by atoms with Crippen molar-refractivity contribution in [1.82, 2.24) is 0 Å². The molecule has 2 atom stereocenters. The molecule has 0 amide bonds. The van der Waals surface area contributed by atoms with E-state index in [9.17, 15) is 9.50 Å². The molecule has 2 unspecified atom stereocenters. The van der Waals surface area contributed by atoms with Crippen LogP contribution in [0.1, 0.15) is 45.1 Å². The van der Waals surface area contributed by atoms with Gasteiger partial charge in [-0.1, -0.05) is 26.7 Å². The Bertz CT molecular complexity index is 440. The second-order valence-corrected chi connectivity index (χ2v) is 6.55. The number of nitrogens with one attached hydrogen (secondary N) is 1. The monoisotopic (exact) mass is 279 g/mol. The number of benzene rings is 1. The molecule has 2 nitrogen and oxygen atoms in total. The summed E-state index contributed by atoms with van der Waals surface area (Å²) in [4.78, 5) is 0. The summed E-state index contributed by atoms with van der Waals surface area (Å²) in [5.41, 5.74) is 1.37. The van der Waals surface area contributed by atoms with Crippen molar-refractivity contribution >= 4 is 5.69 Å². The topological polar surface area (TPSA) is 32.3 Å². The number of hydrogen-bond acceptors (Lipinski definition) is 2. The Morgan fingerprint density at radius 2 is 2.10 bits per heavy atom. The van der Waals surface area contributed by atoms with Gasteiger partial charge in [-0.3, -0.25) is 0 Å². The van der Waals surface area contributed by atoms with Gasteiger partial charge in [0, 0.05) is 5.69 Å². The maximum absolute atomic E-state index is 13.6. The van der Waals surface area contributed by atoms with Gasteiger partial charge in [0.05, 0.1) is 12.1 Å². The fraction of sp³-hybridized carbons (Fsp3) is 0.647. The molecule has 1 aliphatic rings. The first-order valence-corrected chi connectivity index (χ1v) is 7.63. The summed E-state index contributed by atoms with van der Waals surface area (Å²) in [6.45, 7) is 6.41. The molecule has 1 saturated carbocycles. The van der Waals surface area contributed by atoms with Crippen LogP contribution in [0.15, 0.2) is 18.2 Å². The largest absolute Gasteiger partial charge is 0.394 e. The molecule has 0 spiro atoms. The number of rotatable bonds is 4. The van der Waals surface area contributed by atoms with Crippen LogP contribution in [0.3, 0.4) is 0 Å². The van der Waals surface area contributed by atoms with Crippen LogP contribution in [-0.2, 0) is 0 Å². The van der Waals surface area contributed by atoms with Crippen molar-refractivity contribution in [2.24, 2.45) is 11.8 Å². The van der Waals surface area contributed by atoms with Crippen LogP contribution in [0.4, 0.5) is 10.1 Å². The van der Waals surface area contributed by atoms with E-state index < -0.39 is 0 Å². The van der Waals surface area contributed by atoms with Gasteiger partial charge in [0.25, 0.3) is 0 Å². The maximum atomic E-state index is 13.6. The standard InChI is InChI=1S/C17H26FNO/c1-12(2)16-6-4-5-7-17(16,11-20)19-15-9-13(3)8-14(18)10-15/h8-10,12,16,19-20H,4-7,11H2,1-3H3. The van der Waals surface area contributed by atoms with Crippen molar-refractivity contribution in [3.63, 3.8) is 0 Å². The van der Waals surface area contributed by atoms with Crippen LogP contribution in [0, 0.1) is 24.6 Å². The van der Waals surface area contributed by atoms with E-state index in [4.69, 9.17) is 0 Å². The molecule has 0 bridgehead atoms. The van der Waals surface area contributed by atoms with Gasteiger partial charge in [-0.05, 0) is 55.4 Å². The number of anilines is 1. The lowest BCUT2D eigenvalue weighted by molar-refractivity contribution is 0.0897. The maximum Gasteiger partial charge on any atom is 0.125 e. The smallest absolute Gasteiger partial charge is 0.125 e. The minimum Gasteiger partial charge on any atom is -0.394 e. The molecule has 1 aromatic rings. The zero-order valence-electron chi connectivity index (χ0n) is 12.7. The summed E-state index contributed by atoms with van der Waals surface area (Å²) in [7, 11) is 0. The van der Waals surface area contributed by atoms with Crippen molar-refractivity contribution < 1.29 is 9.50 Å². The summed E-state index contributed by atoms with van der Waals surface area (Å²) >= 11 is 0. The molecule has 1 aliphatic carbocycles. The van der Waals surface area contributed by atoms with E-state index in [-0.39, 0.29) is 18.0 Å². The SMILES string of the molecule is Cc1cc(F)cc(NC2(CO)CCCCC2C(C)C)c1. The Morgan fingerprint density at radius 3 is 2.70 bits per heavy atom. The summed E-state index contributed by atoms with van der Waals surface area (Å²) in [5.74, 6) is 0.701. The molecular weight excluding hydrogens is 253 g/mol. The Labute approximate surface area is 121 Å². The normalized spacial score (nSPS) is 26.8. The van der Waals surface area contributed by atoms with Crippen LogP contribution in [0.2, 0.25) is 0 Å². The Kier molecular flexibility index (Phi) is 4.69. The highest BCUT2D eigenvalue weighted by atomic mass is 19.1. The quantitative estimate of drug-likeness (QED) is 0.869. The van der Waals surface area contributed by atoms with Gasteiger partial charge in [0.2, 0.25) is 0 Å². The van der Waals surface area contributed by atoms with Crippen LogP contribution in [0.5, 0.6) is 0 Å². The van der Waals surface area contributed by atoms with Crippen LogP contribution >= 0.6 is 0 Å². The molecular formula is C17H26FNO. The average Bonchev–Trinajstić information content (AvgIpc) is 2.37. The molecule has 0 aromatic heterocycles. The molecule has 20 heavy (non-hydrogen) atoms. The van der Waals surface area contributed by atoms with Gasteiger partial charge >= 0.3 is 0 Å². The van der Waals surface area contributed by atoms with E-state index in [0.717, 1.165) is 30.5 Å². The molecule has 112 valence electrons. The van der Waals surface area contributed by atoms with Crippen molar-refractivity contribution in [3.8, 4) is 0 Å². The third kappa shape index (κ3) is 3.14. The predicted octanol–water partition coefficient (Wildman–Crippen LogP) is 4.12. The average molecular weight is 279 g/mol. The first kappa shape index (κ1) is 15.3. The summed E-state index contributed by atoms with van der Waals surface area (Å²) in [5, 5.41) is 13.5. The van der Waals surface area contributed by atoms with E-state index in [0.29, 0.717) is 11.8 Å². The van der Waals surface area contributed by atoms with Gasteiger partial charge in [0.1, 0.15) is 5.82 Å². The van der Waals surface area contributed by atoms with Crippen molar-refractivity contribution in [1.29, 1.82) is 0 Å². The van der Waals surface area contributed by atoms with Crippen LogP contribution < -0.4 is 5.32 Å². The van der Waals surface area contributed by atoms with Gasteiger partial charge in [-0.25, -0.2) is 4.39 Å². The van der Waals surface area contributed by atoms with Gasteiger partial charge in [-0.2, -0.15) is 0 Å². The fourth-order valence-electron chi connectivity index (χ4n) is 3.72. The number of aryl methyl sites for hydroxylation is 1. The number of hydrogen-bond donors (Lipinski definition) is 2. The van der Waals surface area contributed by atoms with E-state index in [1.807, 2.05) is 13.0 Å². The highest BCUT2D eigenvalue weighted by molar-refractivity contribution is 5.48. The van der Waals surface area contributed by atoms with Gasteiger partial charge < -0.3 is 10.4 Å². The highest BCUT2D eigenvalue weighted by Gasteiger charge is 2.41. The minimum absolute atomic E-state index is 0.103. The molecule has 0 heterocycles. The molecule has 1 fully saturated rings. The first-order valence-electron chi connectivity index (χ1n) is 7.63. The lowest BCUT2D eigenvalue weighted by Gasteiger charge is -2.46. The summed E-state index contributed by atoms with van der Waals surface area (Å²) in [6, 6.07) is 5.00. The zero-order chi connectivity index (χ0) is 14.8. The molecule has 3 heteroatoms. The molecule has 2 rings (SSSR count). The van der Waals surface area contributed by atoms with Crippen LogP contribution in [0.25, 0.3) is 0 Å². The van der Waals surface area contributed by atoms with E-state index in [1.165, 1.54) is 18.6 Å². The third-order valence-electron chi connectivity index (χ3n) is 4.62. The van der Waals surface area contributed by atoms with E-state index in [2.05, 4.69) is 19.2 Å². The van der Waals surface area contributed by atoms with Crippen LogP contribution in [-0.4, -0.2) is 17.3 Å². The number of aliphatic hydroxyl groups is 1. The molecule has 2 N–H and O–H groups in total. The second kappa shape index (κ2) is 6.13.